The van der Waals surface area contributed by atoms with Crippen LogP contribution in [0.1, 0.15) is 18.4 Å². The van der Waals surface area contributed by atoms with Crippen LogP contribution in [0.3, 0.4) is 0 Å². The minimum Gasteiger partial charge on any atom is -0.496 e. The molecule has 0 saturated heterocycles. The third kappa shape index (κ3) is 3.50. The molecular weight excluding hydrogens is 194 g/mol. The highest BCUT2D eigenvalue weighted by molar-refractivity contribution is 5.66. The lowest BCUT2D eigenvalue weighted by Crippen LogP contribution is -1.98. The van der Waals surface area contributed by atoms with Gasteiger partial charge < -0.3 is 15.6 Å². The Bertz CT molecular complexity index is 350. The number of carboxylic acids is 1. The van der Waals surface area contributed by atoms with Gasteiger partial charge in [-0.25, -0.2) is 0 Å². The number of nitrogens with two attached hydrogens (primary N) is 1. The molecule has 0 atom stereocenters. The summed E-state index contributed by atoms with van der Waals surface area (Å²) in [6.45, 7) is 0. The van der Waals surface area contributed by atoms with Crippen LogP contribution in [-0.2, 0) is 11.2 Å². The molecule has 4 heteroatoms. The molecule has 0 aromatic heterocycles. The number of nitrogen functional groups attached to an aromatic ring is 1. The highest BCUT2D eigenvalue weighted by atomic mass is 16.5. The van der Waals surface area contributed by atoms with E-state index >= 15 is 0 Å². The quantitative estimate of drug-likeness (QED) is 0.724. The smallest absolute Gasteiger partial charge is 0.303 e. The van der Waals surface area contributed by atoms with E-state index in [0.29, 0.717) is 18.5 Å². The number of aryl methyl sites for hydroxylation is 1. The van der Waals surface area contributed by atoms with Crippen LogP contribution in [0.5, 0.6) is 5.75 Å². The van der Waals surface area contributed by atoms with Crippen LogP contribution < -0.4 is 10.5 Å². The number of rotatable bonds is 5. The molecule has 3 N–H and O–H groups in total. The van der Waals surface area contributed by atoms with Crippen LogP contribution >= 0.6 is 0 Å². The Hall–Kier alpha value is -1.71. The third-order valence-electron chi connectivity index (χ3n) is 2.14. The van der Waals surface area contributed by atoms with Gasteiger partial charge in [0.15, 0.2) is 0 Å². The van der Waals surface area contributed by atoms with E-state index in [0.717, 1.165) is 11.3 Å². The molecular formula is C11H15NO3. The van der Waals surface area contributed by atoms with Gasteiger partial charge in [-0.15, -0.1) is 0 Å². The minimum atomic E-state index is -0.780. The van der Waals surface area contributed by atoms with Crippen LogP contribution in [0.25, 0.3) is 0 Å². The number of aliphatic carboxylic acids is 1. The molecule has 0 spiro atoms. The summed E-state index contributed by atoms with van der Waals surface area (Å²) in [5.74, 6) is -0.0209. The van der Waals surface area contributed by atoms with Crippen LogP contribution in [0.2, 0.25) is 0 Å². The second-order valence-electron chi connectivity index (χ2n) is 3.32. The Morgan fingerprint density at radius 2 is 2.27 bits per heavy atom. The molecule has 0 aliphatic heterocycles. The van der Waals surface area contributed by atoms with Gasteiger partial charge in [-0.1, -0.05) is 0 Å². The number of methoxy groups -OCH3 is 1. The number of ether oxygens (including phenoxy) is 1. The van der Waals surface area contributed by atoms with Crippen molar-refractivity contribution in [2.45, 2.75) is 19.3 Å². The fraction of sp³-hybridized carbons (Fsp3) is 0.364. The zero-order valence-corrected chi connectivity index (χ0v) is 8.69. The molecule has 0 saturated carbocycles. The first-order chi connectivity index (χ1) is 7.13. The maximum atomic E-state index is 10.4. The van der Waals surface area contributed by atoms with Gasteiger partial charge in [0.1, 0.15) is 5.75 Å². The van der Waals surface area contributed by atoms with E-state index in [2.05, 4.69) is 0 Å². The van der Waals surface area contributed by atoms with Gasteiger partial charge in [-0.2, -0.15) is 0 Å². The first-order valence-corrected chi connectivity index (χ1v) is 4.77. The van der Waals surface area contributed by atoms with Gasteiger partial charge in [-0.05, 0) is 36.6 Å². The molecule has 15 heavy (non-hydrogen) atoms. The molecule has 0 radical (unpaired) electrons. The second kappa shape index (κ2) is 5.24. The number of hydrogen-bond acceptors (Lipinski definition) is 3. The van der Waals surface area contributed by atoms with Crippen molar-refractivity contribution in [3.05, 3.63) is 23.8 Å². The van der Waals surface area contributed by atoms with Crippen molar-refractivity contribution < 1.29 is 14.6 Å². The molecule has 1 aromatic carbocycles. The van der Waals surface area contributed by atoms with E-state index < -0.39 is 5.97 Å². The number of carbonyl (C=O) groups is 1. The van der Waals surface area contributed by atoms with Gasteiger partial charge in [-0.3, -0.25) is 4.79 Å². The highest BCUT2D eigenvalue weighted by Crippen LogP contribution is 2.22. The number of anilines is 1. The molecule has 1 rings (SSSR count). The van der Waals surface area contributed by atoms with E-state index in [9.17, 15) is 4.79 Å². The first kappa shape index (κ1) is 11.4. The van der Waals surface area contributed by atoms with Crippen LogP contribution in [0, 0.1) is 0 Å². The van der Waals surface area contributed by atoms with Crippen molar-refractivity contribution in [3.8, 4) is 5.75 Å². The average molecular weight is 209 g/mol. The molecule has 82 valence electrons. The zero-order chi connectivity index (χ0) is 11.3. The largest absolute Gasteiger partial charge is 0.496 e. The van der Waals surface area contributed by atoms with Gasteiger partial charge in [0.05, 0.1) is 7.11 Å². The summed E-state index contributed by atoms with van der Waals surface area (Å²) in [6, 6.07) is 5.38. The predicted molar refractivity (Wildman–Crippen MR) is 58.0 cm³/mol. The lowest BCUT2D eigenvalue weighted by Gasteiger charge is -2.08. The Kier molecular flexibility index (Phi) is 3.97. The van der Waals surface area contributed by atoms with Crippen molar-refractivity contribution in [1.29, 1.82) is 0 Å². The summed E-state index contributed by atoms with van der Waals surface area (Å²) in [5.41, 5.74) is 7.27. The van der Waals surface area contributed by atoms with E-state index in [1.165, 1.54) is 0 Å². The molecule has 0 fully saturated rings. The second-order valence-corrected chi connectivity index (χ2v) is 3.32. The average Bonchev–Trinajstić information content (AvgIpc) is 2.17. The lowest BCUT2D eigenvalue weighted by molar-refractivity contribution is -0.137. The van der Waals surface area contributed by atoms with Crippen LogP contribution in [0.4, 0.5) is 5.69 Å². The topological polar surface area (TPSA) is 72.5 Å². The molecule has 0 unspecified atom stereocenters. The van der Waals surface area contributed by atoms with Crippen molar-refractivity contribution >= 4 is 11.7 Å². The van der Waals surface area contributed by atoms with E-state index in [-0.39, 0.29) is 6.42 Å². The van der Waals surface area contributed by atoms with Crippen LogP contribution in [-0.4, -0.2) is 18.2 Å². The third-order valence-corrected chi connectivity index (χ3v) is 2.14. The van der Waals surface area contributed by atoms with Crippen molar-refractivity contribution in [3.63, 3.8) is 0 Å². The van der Waals surface area contributed by atoms with Crippen molar-refractivity contribution in [2.24, 2.45) is 0 Å². The summed E-state index contributed by atoms with van der Waals surface area (Å²) in [4.78, 5) is 10.4. The Balaban J connectivity index is 2.65. The van der Waals surface area contributed by atoms with Gasteiger partial charge in [0.2, 0.25) is 0 Å². The standard InChI is InChI=1S/C11H15NO3/c1-15-10-6-5-9(12)7-8(10)3-2-4-11(13)14/h5-7H,2-4,12H2,1H3,(H,13,14). The number of hydrogen-bond donors (Lipinski definition) is 2. The van der Waals surface area contributed by atoms with Crippen molar-refractivity contribution in [1.82, 2.24) is 0 Å². The van der Waals surface area contributed by atoms with Gasteiger partial charge in [0, 0.05) is 12.1 Å². The van der Waals surface area contributed by atoms with Gasteiger partial charge >= 0.3 is 5.97 Å². The van der Waals surface area contributed by atoms with E-state index in [1.807, 2.05) is 6.07 Å². The monoisotopic (exact) mass is 209 g/mol. The van der Waals surface area contributed by atoms with Gasteiger partial charge in [0.25, 0.3) is 0 Å². The summed E-state index contributed by atoms with van der Waals surface area (Å²) in [6.07, 6.45) is 1.42. The first-order valence-electron chi connectivity index (χ1n) is 4.77. The Morgan fingerprint density at radius 3 is 2.87 bits per heavy atom. The van der Waals surface area contributed by atoms with Crippen molar-refractivity contribution in [2.75, 3.05) is 12.8 Å². The summed E-state index contributed by atoms with van der Waals surface area (Å²) >= 11 is 0. The summed E-state index contributed by atoms with van der Waals surface area (Å²) < 4.78 is 5.15. The van der Waals surface area contributed by atoms with E-state index in [4.69, 9.17) is 15.6 Å². The van der Waals surface area contributed by atoms with Crippen LogP contribution in [0.15, 0.2) is 18.2 Å². The molecule has 0 aliphatic carbocycles. The fourth-order valence-corrected chi connectivity index (χ4v) is 1.42. The molecule has 0 heterocycles. The van der Waals surface area contributed by atoms with E-state index in [1.54, 1.807) is 19.2 Å². The molecule has 0 amide bonds. The zero-order valence-electron chi connectivity index (χ0n) is 8.69. The highest BCUT2D eigenvalue weighted by Gasteiger charge is 2.04. The maximum absolute atomic E-state index is 10.4. The SMILES string of the molecule is COc1ccc(N)cc1CCCC(=O)O. The maximum Gasteiger partial charge on any atom is 0.303 e. The molecule has 1 aromatic rings. The predicted octanol–water partition coefficient (Wildman–Crippen LogP) is 1.68. The summed E-state index contributed by atoms with van der Waals surface area (Å²) in [5, 5.41) is 8.52. The number of benzene rings is 1. The lowest BCUT2D eigenvalue weighted by atomic mass is 10.1. The Labute approximate surface area is 88.7 Å². The number of carboxylic acid groups (broad SMARTS) is 1. The fourth-order valence-electron chi connectivity index (χ4n) is 1.42. The molecule has 0 aliphatic rings. The summed E-state index contributed by atoms with van der Waals surface area (Å²) in [7, 11) is 1.59. The normalized spacial score (nSPS) is 9.93. The minimum absolute atomic E-state index is 0.165. The molecule has 4 nitrogen and oxygen atoms in total. The molecule has 0 bridgehead atoms. The Morgan fingerprint density at radius 1 is 1.53 bits per heavy atom.